The Morgan fingerprint density at radius 2 is 1.71 bits per heavy atom. The second kappa shape index (κ2) is 3.98. The van der Waals surface area contributed by atoms with Crippen molar-refractivity contribution in [2.24, 2.45) is 11.3 Å². The molecule has 14 heavy (non-hydrogen) atoms. The van der Waals surface area contributed by atoms with Gasteiger partial charge in [-0.05, 0) is 18.8 Å². The van der Waals surface area contributed by atoms with Gasteiger partial charge in [0.15, 0.2) is 5.41 Å². The van der Waals surface area contributed by atoms with Gasteiger partial charge >= 0.3 is 11.9 Å². The molecule has 4 nitrogen and oxygen atoms in total. The molecule has 0 saturated heterocycles. The van der Waals surface area contributed by atoms with E-state index in [1.165, 1.54) is 14.2 Å². The highest BCUT2D eigenvalue weighted by Crippen LogP contribution is 2.45. The summed E-state index contributed by atoms with van der Waals surface area (Å²) >= 11 is 0. The highest BCUT2D eigenvalue weighted by molar-refractivity contribution is 6.00. The lowest BCUT2D eigenvalue weighted by molar-refractivity contribution is -0.171. The predicted molar refractivity (Wildman–Crippen MR) is 49.5 cm³/mol. The summed E-state index contributed by atoms with van der Waals surface area (Å²) in [5.41, 5.74) is -1.05. The van der Waals surface area contributed by atoms with E-state index in [0.29, 0.717) is 6.42 Å². The molecule has 80 valence electrons. The van der Waals surface area contributed by atoms with E-state index in [1.54, 1.807) is 0 Å². The largest absolute Gasteiger partial charge is 0.468 e. The van der Waals surface area contributed by atoms with Crippen molar-refractivity contribution in [3.63, 3.8) is 0 Å². The van der Waals surface area contributed by atoms with Gasteiger partial charge in [-0.15, -0.1) is 0 Å². The average molecular weight is 200 g/mol. The van der Waals surface area contributed by atoms with Crippen molar-refractivity contribution < 1.29 is 19.1 Å². The van der Waals surface area contributed by atoms with Crippen molar-refractivity contribution in [2.45, 2.75) is 26.2 Å². The minimum atomic E-state index is -1.05. The molecule has 0 bridgehead atoms. The Labute approximate surface area is 83.6 Å². The molecule has 1 saturated carbocycles. The molecule has 4 heteroatoms. The molecule has 0 amide bonds. The molecule has 0 N–H and O–H groups in total. The fourth-order valence-corrected chi connectivity index (χ4v) is 2.23. The van der Waals surface area contributed by atoms with E-state index in [-0.39, 0.29) is 5.92 Å². The molecule has 0 radical (unpaired) electrons. The average Bonchev–Trinajstić information content (AvgIpc) is 2.59. The Balaban J connectivity index is 3.01. The number of carbonyl (C=O) groups is 2. The molecule has 1 aliphatic carbocycles. The molecule has 0 spiro atoms. The van der Waals surface area contributed by atoms with E-state index in [9.17, 15) is 9.59 Å². The van der Waals surface area contributed by atoms with E-state index in [1.807, 2.05) is 6.92 Å². The summed E-state index contributed by atoms with van der Waals surface area (Å²) in [5.74, 6) is -0.925. The number of rotatable bonds is 2. The second-order valence-electron chi connectivity index (χ2n) is 3.75. The first-order valence-corrected chi connectivity index (χ1v) is 4.76. The molecule has 0 aromatic rings. The summed E-state index contributed by atoms with van der Waals surface area (Å²) in [6.07, 6.45) is 2.27. The van der Waals surface area contributed by atoms with Gasteiger partial charge in [0, 0.05) is 0 Å². The summed E-state index contributed by atoms with van der Waals surface area (Å²) in [6.45, 7) is 1.89. The van der Waals surface area contributed by atoms with Gasteiger partial charge in [-0.2, -0.15) is 0 Å². The smallest absolute Gasteiger partial charge is 0.323 e. The molecule has 0 heterocycles. The number of esters is 2. The quantitative estimate of drug-likeness (QED) is 0.495. The Hall–Kier alpha value is -1.06. The zero-order chi connectivity index (χ0) is 10.8. The first-order valence-electron chi connectivity index (χ1n) is 4.76. The van der Waals surface area contributed by atoms with Gasteiger partial charge in [0.25, 0.3) is 0 Å². The van der Waals surface area contributed by atoms with E-state index in [2.05, 4.69) is 0 Å². The normalized spacial score (nSPS) is 24.4. The lowest BCUT2D eigenvalue weighted by Gasteiger charge is -2.27. The van der Waals surface area contributed by atoms with Crippen molar-refractivity contribution in [3.8, 4) is 0 Å². The highest BCUT2D eigenvalue weighted by atomic mass is 16.5. The van der Waals surface area contributed by atoms with Crippen LogP contribution in [0.4, 0.5) is 0 Å². The number of hydrogen-bond acceptors (Lipinski definition) is 4. The van der Waals surface area contributed by atoms with Gasteiger partial charge < -0.3 is 9.47 Å². The van der Waals surface area contributed by atoms with Crippen LogP contribution in [0.2, 0.25) is 0 Å². The molecule has 0 unspecified atom stereocenters. The Bertz CT molecular complexity index is 231. The lowest BCUT2D eigenvalue weighted by atomic mass is 9.79. The van der Waals surface area contributed by atoms with Crippen molar-refractivity contribution in [2.75, 3.05) is 14.2 Å². The number of hydrogen-bond donors (Lipinski definition) is 0. The number of methoxy groups -OCH3 is 2. The maximum absolute atomic E-state index is 11.6. The van der Waals surface area contributed by atoms with Gasteiger partial charge in [-0.25, -0.2) is 0 Å². The van der Waals surface area contributed by atoms with E-state index in [4.69, 9.17) is 9.47 Å². The van der Waals surface area contributed by atoms with E-state index >= 15 is 0 Å². The molecular weight excluding hydrogens is 184 g/mol. The van der Waals surface area contributed by atoms with Crippen LogP contribution in [0.5, 0.6) is 0 Å². The Morgan fingerprint density at radius 3 is 2.00 bits per heavy atom. The maximum Gasteiger partial charge on any atom is 0.323 e. The summed E-state index contributed by atoms with van der Waals surface area (Å²) in [4.78, 5) is 23.2. The Kier molecular flexibility index (Phi) is 3.13. The van der Waals surface area contributed by atoms with Crippen molar-refractivity contribution in [3.05, 3.63) is 0 Å². The third-order valence-electron chi connectivity index (χ3n) is 3.15. The molecular formula is C10H16O4. The molecule has 1 atom stereocenters. The van der Waals surface area contributed by atoms with Crippen LogP contribution in [0.3, 0.4) is 0 Å². The van der Waals surface area contributed by atoms with Gasteiger partial charge in [0.1, 0.15) is 0 Å². The van der Waals surface area contributed by atoms with Crippen LogP contribution < -0.4 is 0 Å². The van der Waals surface area contributed by atoms with Gasteiger partial charge in [-0.1, -0.05) is 13.3 Å². The lowest BCUT2D eigenvalue weighted by Crippen LogP contribution is -2.43. The van der Waals surface area contributed by atoms with Gasteiger partial charge in [-0.3, -0.25) is 9.59 Å². The van der Waals surface area contributed by atoms with E-state index in [0.717, 1.165) is 12.8 Å². The topological polar surface area (TPSA) is 52.6 Å². The summed E-state index contributed by atoms with van der Waals surface area (Å²) < 4.78 is 9.38. The van der Waals surface area contributed by atoms with Crippen LogP contribution in [0.25, 0.3) is 0 Å². The minimum absolute atomic E-state index is 0.00222. The summed E-state index contributed by atoms with van der Waals surface area (Å²) in [7, 11) is 2.61. The van der Waals surface area contributed by atoms with Gasteiger partial charge in [0.2, 0.25) is 0 Å². The highest BCUT2D eigenvalue weighted by Gasteiger charge is 2.55. The van der Waals surface area contributed by atoms with Crippen molar-refractivity contribution >= 4 is 11.9 Å². The fourth-order valence-electron chi connectivity index (χ4n) is 2.23. The third kappa shape index (κ3) is 1.38. The Morgan fingerprint density at radius 1 is 1.21 bits per heavy atom. The zero-order valence-electron chi connectivity index (χ0n) is 8.83. The number of ether oxygens (including phenoxy) is 2. The first kappa shape index (κ1) is 11.0. The second-order valence-corrected chi connectivity index (χ2v) is 3.75. The standard InChI is InChI=1S/C10H16O4/c1-7-5-4-6-10(7,8(11)13-2)9(12)14-3/h7H,4-6H2,1-3H3/t7-/m0/s1. The molecule has 1 fully saturated rings. The van der Waals surface area contributed by atoms with E-state index < -0.39 is 17.4 Å². The fraction of sp³-hybridized carbons (Fsp3) is 0.800. The summed E-state index contributed by atoms with van der Waals surface area (Å²) in [5, 5.41) is 0. The molecule has 1 aliphatic rings. The third-order valence-corrected chi connectivity index (χ3v) is 3.15. The molecule has 1 rings (SSSR count). The number of carbonyl (C=O) groups excluding carboxylic acids is 2. The van der Waals surface area contributed by atoms with Crippen LogP contribution >= 0.6 is 0 Å². The predicted octanol–water partition coefficient (Wildman–Crippen LogP) is 1.14. The van der Waals surface area contributed by atoms with Crippen molar-refractivity contribution in [1.82, 2.24) is 0 Å². The molecule has 0 aliphatic heterocycles. The van der Waals surface area contributed by atoms with Crippen molar-refractivity contribution in [1.29, 1.82) is 0 Å². The molecule has 0 aromatic heterocycles. The van der Waals surface area contributed by atoms with Crippen LogP contribution in [0, 0.1) is 11.3 Å². The van der Waals surface area contributed by atoms with Crippen LogP contribution in [-0.2, 0) is 19.1 Å². The monoisotopic (exact) mass is 200 g/mol. The summed E-state index contributed by atoms with van der Waals surface area (Å²) in [6, 6.07) is 0. The van der Waals surface area contributed by atoms with Crippen LogP contribution in [0.15, 0.2) is 0 Å². The first-order chi connectivity index (χ1) is 6.59. The zero-order valence-corrected chi connectivity index (χ0v) is 8.83. The SMILES string of the molecule is COC(=O)C1(C(=O)OC)CCC[C@@H]1C. The van der Waals surface area contributed by atoms with Crippen LogP contribution in [0.1, 0.15) is 26.2 Å². The minimum Gasteiger partial charge on any atom is -0.468 e. The molecule has 0 aromatic carbocycles. The van der Waals surface area contributed by atoms with Crippen LogP contribution in [-0.4, -0.2) is 26.2 Å². The van der Waals surface area contributed by atoms with Gasteiger partial charge in [0.05, 0.1) is 14.2 Å². The maximum atomic E-state index is 11.6.